The van der Waals surface area contributed by atoms with Crippen LogP contribution in [0.2, 0.25) is 0 Å². The van der Waals surface area contributed by atoms with Gasteiger partial charge in [0, 0.05) is 31.7 Å². The van der Waals surface area contributed by atoms with Crippen LogP contribution in [0, 0.1) is 5.82 Å². The molecule has 1 saturated heterocycles. The first-order valence-electron chi connectivity index (χ1n) is 10.5. The van der Waals surface area contributed by atoms with E-state index in [4.69, 9.17) is 4.42 Å². The molecule has 1 amide bonds. The normalized spacial score (nSPS) is 14.0. The molecule has 0 radical (unpaired) electrons. The zero-order valence-corrected chi connectivity index (χ0v) is 17.3. The number of amides is 1. The molecule has 0 atom stereocenters. The second-order valence-corrected chi connectivity index (χ2v) is 7.76. The van der Waals surface area contributed by atoms with Crippen molar-refractivity contribution in [3.63, 3.8) is 0 Å². The fourth-order valence-electron chi connectivity index (χ4n) is 4.18. The van der Waals surface area contributed by atoms with Crippen LogP contribution >= 0.6 is 0 Å². The van der Waals surface area contributed by atoms with Crippen molar-refractivity contribution in [3.8, 4) is 11.3 Å². The Morgan fingerprint density at radius 1 is 0.844 bits per heavy atom. The minimum atomic E-state index is -0.432. The Balaban J connectivity index is 1.42. The fraction of sp³-hybridized carbons (Fsp3) is 0.154. The maximum absolute atomic E-state index is 14.1. The molecule has 2 heterocycles. The average Bonchev–Trinajstić information content (AvgIpc) is 2.84. The summed E-state index contributed by atoms with van der Waals surface area (Å²) >= 11 is 0. The Morgan fingerprint density at radius 2 is 1.53 bits per heavy atom. The van der Waals surface area contributed by atoms with Crippen LogP contribution in [0.4, 0.5) is 10.1 Å². The number of rotatable bonds is 3. The van der Waals surface area contributed by atoms with E-state index >= 15 is 0 Å². The van der Waals surface area contributed by atoms with Gasteiger partial charge < -0.3 is 14.2 Å². The second kappa shape index (κ2) is 8.30. The molecule has 0 saturated carbocycles. The summed E-state index contributed by atoms with van der Waals surface area (Å²) in [6.45, 7) is 2.03. The molecule has 1 aliphatic rings. The summed E-state index contributed by atoms with van der Waals surface area (Å²) in [6, 6.07) is 22.8. The Bertz CT molecular complexity index is 1360. The minimum Gasteiger partial charge on any atom is -0.422 e. The summed E-state index contributed by atoms with van der Waals surface area (Å²) in [5, 5.41) is 1.27. The molecule has 1 aliphatic heterocycles. The Kier molecular flexibility index (Phi) is 5.19. The van der Waals surface area contributed by atoms with Crippen molar-refractivity contribution in [1.82, 2.24) is 4.90 Å². The maximum atomic E-state index is 14.1. The van der Waals surface area contributed by atoms with E-state index in [0.717, 1.165) is 5.39 Å². The van der Waals surface area contributed by atoms with E-state index in [0.29, 0.717) is 54.1 Å². The molecule has 6 heteroatoms. The van der Waals surface area contributed by atoms with Crippen LogP contribution in [-0.2, 0) is 0 Å². The van der Waals surface area contributed by atoms with Gasteiger partial charge in [-0.1, -0.05) is 48.5 Å². The van der Waals surface area contributed by atoms with Crippen LogP contribution in [0.5, 0.6) is 0 Å². The number of anilines is 1. The number of halogens is 1. The molecule has 1 fully saturated rings. The standard InChI is InChI=1S/C26H21FN2O3/c27-22-11-5-6-12-23(22)28-13-15-29(16-14-28)25(30)21-10-4-3-9-20(21)24-17-18-7-1-2-8-19(18)26(31)32-24/h1-12,17H,13-16H2. The third kappa shape index (κ3) is 3.64. The minimum absolute atomic E-state index is 0.135. The van der Waals surface area contributed by atoms with Gasteiger partial charge in [0.05, 0.1) is 16.6 Å². The van der Waals surface area contributed by atoms with Gasteiger partial charge in [0.15, 0.2) is 0 Å². The fourth-order valence-corrected chi connectivity index (χ4v) is 4.18. The van der Waals surface area contributed by atoms with Crippen LogP contribution in [-0.4, -0.2) is 37.0 Å². The molecule has 160 valence electrons. The van der Waals surface area contributed by atoms with E-state index in [1.165, 1.54) is 6.07 Å². The van der Waals surface area contributed by atoms with Gasteiger partial charge in [0.25, 0.3) is 5.91 Å². The third-order valence-corrected chi connectivity index (χ3v) is 5.85. The highest BCUT2D eigenvalue weighted by molar-refractivity contribution is 6.01. The third-order valence-electron chi connectivity index (χ3n) is 5.85. The zero-order valence-electron chi connectivity index (χ0n) is 17.3. The lowest BCUT2D eigenvalue weighted by molar-refractivity contribution is 0.0747. The number of carbonyl (C=O) groups excluding carboxylic acids is 1. The van der Waals surface area contributed by atoms with Gasteiger partial charge in [-0.2, -0.15) is 0 Å². The SMILES string of the molecule is O=C(c1ccccc1-c1cc2ccccc2c(=O)o1)N1CCN(c2ccccc2F)CC1. The molecule has 5 nitrogen and oxygen atoms in total. The van der Waals surface area contributed by atoms with Gasteiger partial charge in [-0.25, -0.2) is 9.18 Å². The summed E-state index contributed by atoms with van der Waals surface area (Å²) in [7, 11) is 0. The molecular weight excluding hydrogens is 407 g/mol. The first-order valence-corrected chi connectivity index (χ1v) is 10.5. The van der Waals surface area contributed by atoms with Gasteiger partial charge in [-0.05, 0) is 35.7 Å². The number of hydrogen-bond acceptors (Lipinski definition) is 4. The number of benzene rings is 3. The summed E-state index contributed by atoms with van der Waals surface area (Å²) in [5.41, 5.74) is 1.18. The van der Waals surface area contributed by atoms with Crippen molar-refractivity contribution in [3.05, 3.63) is 101 Å². The summed E-state index contributed by atoms with van der Waals surface area (Å²) in [6.07, 6.45) is 0. The van der Waals surface area contributed by atoms with E-state index in [-0.39, 0.29) is 11.7 Å². The molecule has 3 aromatic carbocycles. The molecule has 0 N–H and O–H groups in total. The quantitative estimate of drug-likeness (QED) is 0.480. The van der Waals surface area contributed by atoms with Gasteiger partial charge >= 0.3 is 5.63 Å². The van der Waals surface area contributed by atoms with Crippen LogP contribution in [0.25, 0.3) is 22.1 Å². The number of para-hydroxylation sites is 1. The van der Waals surface area contributed by atoms with Gasteiger partial charge in [0.2, 0.25) is 0 Å². The van der Waals surface area contributed by atoms with Gasteiger partial charge in [0.1, 0.15) is 11.6 Å². The summed E-state index contributed by atoms with van der Waals surface area (Å²) in [4.78, 5) is 29.5. The molecule has 32 heavy (non-hydrogen) atoms. The van der Waals surface area contributed by atoms with Gasteiger partial charge in [-0.3, -0.25) is 4.79 Å². The van der Waals surface area contributed by atoms with Crippen LogP contribution in [0.3, 0.4) is 0 Å². The van der Waals surface area contributed by atoms with E-state index in [1.807, 2.05) is 29.2 Å². The number of carbonyl (C=O) groups is 1. The molecule has 0 unspecified atom stereocenters. The number of piperazine rings is 1. The van der Waals surface area contributed by atoms with E-state index in [9.17, 15) is 14.0 Å². The van der Waals surface area contributed by atoms with Crippen molar-refractivity contribution in [1.29, 1.82) is 0 Å². The summed E-state index contributed by atoms with van der Waals surface area (Å²) in [5.74, 6) is -0.0313. The highest BCUT2D eigenvalue weighted by atomic mass is 19.1. The Hall–Kier alpha value is -3.93. The monoisotopic (exact) mass is 428 g/mol. The van der Waals surface area contributed by atoms with E-state index in [2.05, 4.69) is 0 Å². The first kappa shape index (κ1) is 20.0. The Morgan fingerprint density at radius 3 is 2.34 bits per heavy atom. The highest BCUT2D eigenvalue weighted by Gasteiger charge is 2.25. The molecule has 5 rings (SSSR count). The molecule has 1 aromatic heterocycles. The van der Waals surface area contributed by atoms with Gasteiger partial charge in [-0.15, -0.1) is 0 Å². The highest BCUT2D eigenvalue weighted by Crippen LogP contribution is 2.27. The topological polar surface area (TPSA) is 53.8 Å². The average molecular weight is 428 g/mol. The maximum Gasteiger partial charge on any atom is 0.344 e. The van der Waals surface area contributed by atoms with Crippen molar-refractivity contribution in [2.24, 2.45) is 0 Å². The van der Waals surface area contributed by atoms with Crippen LogP contribution in [0.1, 0.15) is 10.4 Å². The van der Waals surface area contributed by atoms with Crippen molar-refractivity contribution in [2.45, 2.75) is 0 Å². The Labute approximate surface area is 184 Å². The first-order chi connectivity index (χ1) is 15.6. The van der Waals surface area contributed by atoms with Crippen molar-refractivity contribution < 1.29 is 13.6 Å². The summed E-state index contributed by atoms with van der Waals surface area (Å²) < 4.78 is 19.7. The second-order valence-electron chi connectivity index (χ2n) is 7.76. The number of fused-ring (bicyclic) bond motifs is 1. The lowest BCUT2D eigenvalue weighted by Crippen LogP contribution is -2.49. The number of nitrogens with zero attached hydrogens (tertiary/aromatic N) is 2. The van der Waals surface area contributed by atoms with Crippen molar-refractivity contribution in [2.75, 3.05) is 31.1 Å². The zero-order chi connectivity index (χ0) is 22.1. The molecular formula is C26H21FN2O3. The molecule has 0 bridgehead atoms. The largest absolute Gasteiger partial charge is 0.422 e. The molecule has 0 spiro atoms. The lowest BCUT2D eigenvalue weighted by Gasteiger charge is -2.36. The predicted molar refractivity (Wildman–Crippen MR) is 122 cm³/mol. The number of hydrogen-bond donors (Lipinski definition) is 0. The molecule has 0 aliphatic carbocycles. The molecule has 4 aromatic rings. The van der Waals surface area contributed by atoms with Crippen LogP contribution < -0.4 is 10.5 Å². The van der Waals surface area contributed by atoms with E-state index in [1.54, 1.807) is 53.4 Å². The lowest BCUT2D eigenvalue weighted by atomic mass is 10.0. The smallest absolute Gasteiger partial charge is 0.344 e. The van der Waals surface area contributed by atoms with Crippen molar-refractivity contribution >= 4 is 22.4 Å². The predicted octanol–water partition coefficient (Wildman–Crippen LogP) is 4.56. The van der Waals surface area contributed by atoms with E-state index < -0.39 is 5.63 Å². The van der Waals surface area contributed by atoms with Crippen LogP contribution in [0.15, 0.2) is 88.1 Å².